The van der Waals surface area contributed by atoms with Crippen LogP contribution in [0.3, 0.4) is 0 Å². The van der Waals surface area contributed by atoms with Crippen molar-refractivity contribution in [1.82, 2.24) is 15.2 Å². The molecule has 112 valence electrons. The Bertz CT molecular complexity index is 440. The normalized spacial score (nSPS) is 18.2. The van der Waals surface area contributed by atoms with Gasteiger partial charge >= 0.3 is 0 Å². The Hall–Kier alpha value is -0.940. The molecule has 0 saturated heterocycles. The second kappa shape index (κ2) is 7.18. The number of amides is 1. The fourth-order valence-electron chi connectivity index (χ4n) is 2.64. The minimum absolute atomic E-state index is 0.112. The SMILES string of the molecule is Cc1nc(CN(C)C(C)C(=O)NC2CCCCC2)cs1. The van der Waals surface area contributed by atoms with Crippen LogP contribution >= 0.6 is 11.3 Å². The number of aryl methyl sites for hydroxylation is 1. The molecule has 0 aliphatic heterocycles. The smallest absolute Gasteiger partial charge is 0.237 e. The number of likely N-dealkylation sites (N-methyl/N-ethyl adjacent to an activating group) is 1. The van der Waals surface area contributed by atoms with Gasteiger partial charge in [0.1, 0.15) is 0 Å². The Kier molecular flexibility index (Phi) is 5.54. The monoisotopic (exact) mass is 295 g/mol. The summed E-state index contributed by atoms with van der Waals surface area (Å²) in [7, 11) is 1.99. The van der Waals surface area contributed by atoms with Gasteiger partial charge in [0.2, 0.25) is 5.91 Å². The Labute approximate surface area is 125 Å². The van der Waals surface area contributed by atoms with E-state index < -0.39 is 0 Å². The van der Waals surface area contributed by atoms with Gasteiger partial charge in [0, 0.05) is 18.0 Å². The van der Waals surface area contributed by atoms with Crippen LogP contribution in [0.5, 0.6) is 0 Å². The highest BCUT2D eigenvalue weighted by Crippen LogP contribution is 2.18. The predicted molar refractivity (Wildman–Crippen MR) is 82.8 cm³/mol. The minimum atomic E-state index is -0.112. The molecule has 4 nitrogen and oxygen atoms in total. The summed E-state index contributed by atoms with van der Waals surface area (Å²) >= 11 is 1.66. The van der Waals surface area contributed by atoms with Crippen molar-refractivity contribution < 1.29 is 4.79 Å². The van der Waals surface area contributed by atoms with E-state index >= 15 is 0 Å². The summed E-state index contributed by atoms with van der Waals surface area (Å²) in [5, 5.41) is 6.34. The summed E-state index contributed by atoms with van der Waals surface area (Å²) in [6.45, 7) is 4.70. The van der Waals surface area contributed by atoms with Crippen molar-refractivity contribution >= 4 is 17.2 Å². The maximum atomic E-state index is 12.3. The summed E-state index contributed by atoms with van der Waals surface area (Å²) < 4.78 is 0. The molecule has 1 N–H and O–H groups in total. The molecule has 0 radical (unpaired) electrons. The van der Waals surface area contributed by atoms with E-state index in [1.54, 1.807) is 11.3 Å². The lowest BCUT2D eigenvalue weighted by Gasteiger charge is -2.28. The number of hydrogen-bond donors (Lipinski definition) is 1. The number of nitrogens with zero attached hydrogens (tertiary/aromatic N) is 2. The molecule has 1 aromatic heterocycles. The van der Waals surface area contributed by atoms with Gasteiger partial charge in [-0.05, 0) is 33.7 Å². The molecule has 1 atom stereocenters. The quantitative estimate of drug-likeness (QED) is 0.908. The zero-order chi connectivity index (χ0) is 14.5. The van der Waals surface area contributed by atoms with Gasteiger partial charge in [-0.2, -0.15) is 0 Å². The number of aromatic nitrogens is 1. The minimum Gasteiger partial charge on any atom is -0.352 e. The topological polar surface area (TPSA) is 45.2 Å². The lowest BCUT2D eigenvalue weighted by atomic mass is 9.95. The first-order valence-electron chi connectivity index (χ1n) is 7.48. The van der Waals surface area contributed by atoms with Crippen molar-refractivity contribution in [3.63, 3.8) is 0 Å². The third kappa shape index (κ3) is 4.28. The molecule has 0 aromatic carbocycles. The average molecular weight is 295 g/mol. The van der Waals surface area contributed by atoms with E-state index in [1.165, 1.54) is 19.3 Å². The highest BCUT2D eigenvalue weighted by atomic mass is 32.1. The molecule has 2 rings (SSSR count). The van der Waals surface area contributed by atoms with Gasteiger partial charge in [-0.3, -0.25) is 9.69 Å². The second-order valence-corrected chi connectivity index (χ2v) is 6.85. The van der Waals surface area contributed by atoms with E-state index in [9.17, 15) is 4.79 Å². The Morgan fingerprint density at radius 3 is 2.80 bits per heavy atom. The van der Waals surface area contributed by atoms with Crippen LogP contribution in [0.25, 0.3) is 0 Å². The summed E-state index contributed by atoms with van der Waals surface area (Å²) in [4.78, 5) is 18.8. The van der Waals surface area contributed by atoms with Gasteiger partial charge in [0.25, 0.3) is 0 Å². The molecular formula is C15H25N3OS. The van der Waals surface area contributed by atoms with Crippen LogP contribution in [0.2, 0.25) is 0 Å². The van der Waals surface area contributed by atoms with Crippen LogP contribution in [0.15, 0.2) is 5.38 Å². The van der Waals surface area contributed by atoms with Gasteiger partial charge in [-0.1, -0.05) is 19.3 Å². The molecule has 20 heavy (non-hydrogen) atoms. The molecule has 1 fully saturated rings. The van der Waals surface area contributed by atoms with Crippen molar-refractivity contribution in [3.05, 3.63) is 16.1 Å². The maximum absolute atomic E-state index is 12.3. The first kappa shape index (κ1) is 15.4. The van der Waals surface area contributed by atoms with Gasteiger partial charge in [-0.15, -0.1) is 11.3 Å². The highest BCUT2D eigenvalue weighted by Gasteiger charge is 2.22. The largest absolute Gasteiger partial charge is 0.352 e. The summed E-state index contributed by atoms with van der Waals surface area (Å²) in [6, 6.07) is 0.271. The van der Waals surface area contributed by atoms with Gasteiger partial charge < -0.3 is 5.32 Å². The Morgan fingerprint density at radius 1 is 1.50 bits per heavy atom. The lowest BCUT2D eigenvalue weighted by molar-refractivity contribution is -0.126. The zero-order valence-electron chi connectivity index (χ0n) is 12.7. The molecule has 1 heterocycles. The van der Waals surface area contributed by atoms with E-state index in [4.69, 9.17) is 0 Å². The number of rotatable bonds is 5. The van der Waals surface area contributed by atoms with Crippen LogP contribution in [0.1, 0.15) is 49.7 Å². The fraction of sp³-hybridized carbons (Fsp3) is 0.733. The summed E-state index contributed by atoms with van der Waals surface area (Å²) in [6.07, 6.45) is 6.06. The van der Waals surface area contributed by atoms with E-state index in [0.29, 0.717) is 6.04 Å². The Balaban J connectivity index is 1.82. The molecule has 1 aromatic rings. The van der Waals surface area contributed by atoms with Gasteiger partial charge in [0.15, 0.2) is 0 Å². The van der Waals surface area contributed by atoms with Crippen molar-refractivity contribution in [2.24, 2.45) is 0 Å². The van der Waals surface area contributed by atoms with E-state index in [2.05, 4.69) is 20.6 Å². The van der Waals surface area contributed by atoms with Crippen LogP contribution in [0, 0.1) is 6.92 Å². The number of nitrogens with one attached hydrogen (secondary N) is 1. The third-order valence-electron chi connectivity index (χ3n) is 4.07. The van der Waals surface area contributed by atoms with Gasteiger partial charge in [0.05, 0.1) is 16.7 Å². The molecule has 1 amide bonds. The highest BCUT2D eigenvalue weighted by molar-refractivity contribution is 7.09. The van der Waals surface area contributed by atoms with E-state index in [0.717, 1.165) is 30.1 Å². The van der Waals surface area contributed by atoms with Crippen LogP contribution in [-0.4, -0.2) is 34.9 Å². The molecule has 1 unspecified atom stereocenters. The molecule has 1 aliphatic carbocycles. The molecule has 0 spiro atoms. The fourth-order valence-corrected chi connectivity index (χ4v) is 3.25. The Morgan fingerprint density at radius 2 is 2.20 bits per heavy atom. The predicted octanol–water partition coefficient (Wildman–Crippen LogP) is 2.72. The summed E-state index contributed by atoms with van der Waals surface area (Å²) in [5.41, 5.74) is 1.05. The number of carbonyl (C=O) groups excluding carboxylic acids is 1. The number of hydrogen-bond acceptors (Lipinski definition) is 4. The van der Waals surface area contributed by atoms with Gasteiger partial charge in [-0.25, -0.2) is 4.98 Å². The molecule has 0 bridgehead atoms. The lowest BCUT2D eigenvalue weighted by Crippen LogP contribution is -2.47. The van der Waals surface area contributed by atoms with Crippen molar-refractivity contribution in [2.45, 2.75) is 64.6 Å². The molecule has 1 saturated carbocycles. The molecule has 5 heteroatoms. The standard InChI is InChI=1S/C15H25N3OS/c1-11(15(19)17-13-7-5-4-6-8-13)18(3)9-14-10-20-12(2)16-14/h10-11,13H,4-9H2,1-3H3,(H,17,19). The van der Waals surface area contributed by atoms with Crippen molar-refractivity contribution in [3.8, 4) is 0 Å². The number of thiazole rings is 1. The summed E-state index contributed by atoms with van der Waals surface area (Å²) in [5.74, 6) is 0.145. The first-order chi connectivity index (χ1) is 9.56. The van der Waals surface area contributed by atoms with E-state index in [-0.39, 0.29) is 11.9 Å². The van der Waals surface area contributed by atoms with Crippen molar-refractivity contribution in [2.75, 3.05) is 7.05 Å². The number of carbonyl (C=O) groups is 1. The maximum Gasteiger partial charge on any atom is 0.237 e. The van der Waals surface area contributed by atoms with Crippen LogP contribution in [0.4, 0.5) is 0 Å². The van der Waals surface area contributed by atoms with Crippen molar-refractivity contribution in [1.29, 1.82) is 0 Å². The molecular weight excluding hydrogens is 270 g/mol. The second-order valence-electron chi connectivity index (χ2n) is 5.79. The van der Waals surface area contributed by atoms with E-state index in [1.807, 2.05) is 20.9 Å². The van der Waals surface area contributed by atoms with Crippen LogP contribution < -0.4 is 5.32 Å². The van der Waals surface area contributed by atoms with Crippen LogP contribution in [-0.2, 0) is 11.3 Å². The molecule has 1 aliphatic rings. The zero-order valence-corrected chi connectivity index (χ0v) is 13.5. The third-order valence-corrected chi connectivity index (χ3v) is 4.89. The average Bonchev–Trinajstić information content (AvgIpc) is 2.84. The first-order valence-corrected chi connectivity index (χ1v) is 8.36.